The van der Waals surface area contributed by atoms with E-state index in [0.29, 0.717) is 5.57 Å². The molecule has 0 N–H and O–H groups in total. The molecule has 0 heterocycles. The second-order valence-corrected chi connectivity index (χ2v) is 2.69. The minimum atomic E-state index is -0.228. The van der Waals surface area contributed by atoms with E-state index in [4.69, 9.17) is 0 Å². The summed E-state index contributed by atoms with van der Waals surface area (Å²) < 4.78 is 0. The molecule has 0 atom stereocenters. The third-order valence-corrected chi connectivity index (χ3v) is 1.36. The van der Waals surface area contributed by atoms with Gasteiger partial charge in [-0.1, -0.05) is 32.3 Å². The summed E-state index contributed by atoms with van der Waals surface area (Å²) >= 11 is 0. The smallest absolute Gasteiger partial charge is 0.194 e. The SMILES string of the molecule is C=C(C)C#CC1=CC(=O)C=CC1=O.CC. The van der Waals surface area contributed by atoms with Crippen molar-refractivity contribution in [3.63, 3.8) is 0 Å². The lowest BCUT2D eigenvalue weighted by Gasteiger charge is -1.97. The summed E-state index contributed by atoms with van der Waals surface area (Å²) in [7, 11) is 0. The third-order valence-electron chi connectivity index (χ3n) is 1.36. The largest absolute Gasteiger partial charge is 0.290 e. The van der Waals surface area contributed by atoms with E-state index in [0.717, 1.165) is 0 Å². The molecule has 0 saturated heterocycles. The minimum Gasteiger partial charge on any atom is -0.290 e. The number of ketones is 2. The fourth-order valence-electron chi connectivity index (χ4n) is 0.781. The summed E-state index contributed by atoms with van der Waals surface area (Å²) in [6.45, 7) is 9.30. The number of rotatable bonds is 0. The topological polar surface area (TPSA) is 34.1 Å². The number of carbonyl (C=O) groups excluding carboxylic acids is 2. The highest BCUT2D eigenvalue weighted by Gasteiger charge is 2.09. The molecule has 0 bridgehead atoms. The Bertz CT molecular complexity index is 398. The first-order valence-corrected chi connectivity index (χ1v) is 4.75. The molecule has 1 aliphatic rings. The highest BCUT2D eigenvalue weighted by Crippen LogP contribution is 2.03. The molecule has 0 fully saturated rings. The lowest BCUT2D eigenvalue weighted by Crippen LogP contribution is -2.05. The van der Waals surface area contributed by atoms with E-state index >= 15 is 0 Å². The van der Waals surface area contributed by atoms with Gasteiger partial charge in [0.15, 0.2) is 11.6 Å². The van der Waals surface area contributed by atoms with Crippen LogP contribution in [0.25, 0.3) is 0 Å². The van der Waals surface area contributed by atoms with Gasteiger partial charge in [-0.2, -0.15) is 0 Å². The number of carbonyl (C=O) groups is 2. The Morgan fingerprint density at radius 2 is 1.87 bits per heavy atom. The fraction of sp³-hybridized carbons (Fsp3) is 0.231. The van der Waals surface area contributed by atoms with E-state index in [1.807, 2.05) is 13.8 Å². The van der Waals surface area contributed by atoms with Gasteiger partial charge in [-0.25, -0.2) is 0 Å². The van der Waals surface area contributed by atoms with Crippen LogP contribution in [0.2, 0.25) is 0 Å². The maximum absolute atomic E-state index is 11.1. The van der Waals surface area contributed by atoms with Gasteiger partial charge in [0.2, 0.25) is 0 Å². The zero-order valence-electron chi connectivity index (χ0n) is 9.26. The van der Waals surface area contributed by atoms with Crippen LogP contribution in [0.1, 0.15) is 20.8 Å². The zero-order valence-corrected chi connectivity index (χ0v) is 9.26. The van der Waals surface area contributed by atoms with Gasteiger partial charge in [-0.3, -0.25) is 9.59 Å². The zero-order chi connectivity index (χ0) is 11.8. The first-order chi connectivity index (χ1) is 7.09. The molecule has 0 saturated carbocycles. The van der Waals surface area contributed by atoms with Crippen LogP contribution >= 0.6 is 0 Å². The molecule has 0 amide bonds. The van der Waals surface area contributed by atoms with Crippen LogP contribution in [0.5, 0.6) is 0 Å². The quantitative estimate of drug-likeness (QED) is 0.446. The molecular weight excluding hydrogens is 188 g/mol. The first kappa shape index (κ1) is 13.1. The molecule has 1 rings (SSSR count). The molecule has 2 heteroatoms. The Balaban J connectivity index is 0.000000921. The van der Waals surface area contributed by atoms with E-state index in [9.17, 15) is 9.59 Å². The molecule has 0 unspecified atom stereocenters. The van der Waals surface area contributed by atoms with Crippen LogP contribution in [0, 0.1) is 11.8 Å². The summed E-state index contributed by atoms with van der Waals surface area (Å²) in [4.78, 5) is 22.0. The van der Waals surface area contributed by atoms with Crippen LogP contribution in [-0.2, 0) is 9.59 Å². The van der Waals surface area contributed by atoms with E-state index in [1.54, 1.807) is 6.92 Å². The molecule has 0 aromatic rings. The summed E-state index contributed by atoms with van der Waals surface area (Å²) in [5.74, 6) is 4.81. The lowest BCUT2D eigenvalue weighted by atomic mass is 10.0. The third kappa shape index (κ3) is 4.78. The molecule has 0 aliphatic heterocycles. The summed E-state index contributed by atoms with van der Waals surface area (Å²) in [5.41, 5.74) is 0.895. The molecule has 0 radical (unpaired) electrons. The fourth-order valence-corrected chi connectivity index (χ4v) is 0.781. The second-order valence-electron chi connectivity index (χ2n) is 2.69. The first-order valence-electron chi connectivity index (χ1n) is 4.75. The van der Waals surface area contributed by atoms with Crippen molar-refractivity contribution in [2.45, 2.75) is 20.8 Å². The standard InChI is InChI=1S/C11H8O2.C2H6/c1-8(2)3-4-9-7-10(12)5-6-11(9)13;1-2/h5-7H,1H2,2H3;1-2H3. The molecule has 2 nitrogen and oxygen atoms in total. The molecule has 1 aliphatic carbocycles. The summed E-state index contributed by atoms with van der Waals surface area (Å²) in [6, 6.07) is 0. The molecule has 78 valence electrons. The minimum absolute atomic E-state index is 0.203. The van der Waals surface area contributed by atoms with Crippen LogP contribution in [0.4, 0.5) is 0 Å². The monoisotopic (exact) mass is 202 g/mol. The van der Waals surface area contributed by atoms with Gasteiger partial charge >= 0.3 is 0 Å². The predicted molar refractivity (Wildman–Crippen MR) is 61.2 cm³/mol. The van der Waals surface area contributed by atoms with Crippen molar-refractivity contribution in [2.24, 2.45) is 0 Å². The predicted octanol–water partition coefficient (Wildman–Crippen LogP) is 2.23. The van der Waals surface area contributed by atoms with Crippen molar-refractivity contribution in [1.82, 2.24) is 0 Å². The highest BCUT2D eigenvalue weighted by molar-refractivity contribution is 6.19. The van der Waals surface area contributed by atoms with Gasteiger partial charge < -0.3 is 0 Å². The van der Waals surface area contributed by atoms with Crippen molar-refractivity contribution in [1.29, 1.82) is 0 Å². The summed E-state index contributed by atoms with van der Waals surface area (Å²) in [5, 5.41) is 0. The van der Waals surface area contributed by atoms with E-state index in [-0.39, 0.29) is 17.1 Å². The van der Waals surface area contributed by atoms with Gasteiger partial charge in [-0.05, 0) is 24.6 Å². The van der Waals surface area contributed by atoms with Crippen molar-refractivity contribution < 1.29 is 9.59 Å². The van der Waals surface area contributed by atoms with Crippen molar-refractivity contribution >= 4 is 11.6 Å². The molecule has 0 aromatic carbocycles. The Kier molecular flexibility index (Phi) is 5.73. The molecule has 0 spiro atoms. The average molecular weight is 202 g/mol. The second kappa shape index (κ2) is 6.56. The van der Waals surface area contributed by atoms with Crippen LogP contribution in [0.3, 0.4) is 0 Å². The van der Waals surface area contributed by atoms with Gasteiger partial charge in [0.25, 0.3) is 0 Å². The highest BCUT2D eigenvalue weighted by atomic mass is 16.1. The number of allylic oxidation sites excluding steroid dienone is 5. The van der Waals surface area contributed by atoms with Crippen LogP contribution in [-0.4, -0.2) is 11.6 Å². The van der Waals surface area contributed by atoms with E-state index in [2.05, 4.69) is 18.4 Å². The summed E-state index contributed by atoms with van der Waals surface area (Å²) in [6.07, 6.45) is 3.69. The van der Waals surface area contributed by atoms with E-state index in [1.165, 1.54) is 18.2 Å². The molecular formula is C13H14O2. The molecule has 0 aromatic heterocycles. The van der Waals surface area contributed by atoms with Gasteiger partial charge in [0.1, 0.15) is 0 Å². The number of hydrogen-bond donors (Lipinski definition) is 0. The molecule has 15 heavy (non-hydrogen) atoms. The number of hydrogen-bond acceptors (Lipinski definition) is 2. The Labute approximate surface area is 90.4 Å². The maximum atomic E-state index is 11.1. The van der Waals surface area contributed by atoms with Crippen molar-refractivity contribution in [3.8, 4) is 11.8 Å². The Hall–Kier alpha value is -1.88. The van der Waals surface area contributed by atoms with E-state index < -0.39 is 0 Å². The van der Waals surface area contributed by atoms with Gasteiger partial charge in [-0.15, -0.1) is 0 Å². The average Bonchev–Trinajstić information content (AvgIpc) is 2.22. The Morgan fingerprint density at radius 3 is 2.40 bits per heavy atom. The lowest BCUT2D eigenvalue weighted by molar-refractivity contribution is -0.114. The van der Waals surface area contributed by atoms with Gasteiger partial charge in [0, 0.05) is 6.08 Å². The van der Waals surface area contributed by atoms with Crippen LogP contribution < -0.4 is 0 Å². The van der Waals surface area contributed by atoms with Crippen molar-refractivity contribution in [2.75, 3.05) is 0 Å². The van der Waals surface area contributed by atoms with Gasteiger partial charge in [0.05, 0.1) is 5.57 Å². The Morgan fingerprint density at radius 1 is 1.27 bits per heavy atom. The normalized spacial score (nSPS) is 13.1. The van der Waals surface area contributed by atoms with Crippen LogP contribution in [0.15, 0.2) is 36.0 Å². The van der Waals surface area contributed by atoms with Crippen molar-refractivity contribution in [3.05, 3.63) is 36.0 Å². The maximum Gasteiger partial charge on any atom is 0.194 e.